The minimum absolute atomic E-state index is 0.146. The highest BCUT2D eigenvalue weighted by atomic mass is 16.3. The fourth-order valence-electron chi connectivity index (χ4n) is 1.85. The highest BCUT2D eigenvalue weighted by molar-refractivity contribution is 4.94. The summed E-state index contributed by atoms with van der Waals surface area (Å²) < 4.78 is 0. The molecule has 2 N–H and O–H groups in total. The molecule has 3 nitrogen and oxygen atoms in total. The average molecular weight is 182 g/mol. The van der Waals surface area contributed by atoms with E-state index in [1.807, 2.05) is 0 Å². The zero-order chi connectivity index (χ0) is 9.68. The highest BCUT2D eigenvalue weighted by Crippen LogP contribution is 2.23. The van der Waals surface area contributed by atoms with E-state index in [1.165, 1.54) is 12.8 Å². The van der Waals surface area contributed by atoms with Gasteiger partial charge in [0.25, 0.3) is 0 Å². The predicted octanol–water partition coefficient (Wildman–Crippen LogP) is 1.04. The molecule has 1 aliphatic rings. The van der Waals surface area contributed by atoms with Crippen LogP contribution in [0, 0.1) is 17.2 Å². The van der Waals surface area contributed by atoms with E-state index < -0.39 is 0 Å². The Morgan fingerprint density at radius 2 is 2.23 bits per heavy atom. The summed E-state index contributed by atoms with van der Waals surface area (Å²) in [6.07, 6.45) is 4.14. The molecule has 3 heteroatoms. The monoisotopic (exact) mass is 182 g/mol. The first-order valence-electron chi connectivity index (χ1n) is 5.05. The molecule has 0 saturated heterocycles. The third-order valence-corrected chi connectivity index (χ3v) is 2.61. The van der Waals surface area contributed by atoms with Crippen molar-refractivity contribution in [2.24, 2.45) is 5.92 Å². The zero-order valence-electron chi connectivity index (χ0n) is 8.16. The Hall–Kier alpha value is -0.590. The first-order valence-corrected chi connectivity index (χ1v) is 5.05. The first kappa shape index (κ1) is 10.5. The van der Waals surface area contributed by atoms with Crippen LogP contribution in [0.25, 0.3) is 0 Å². The third kappa shape index (κ3) is 3.33. The van der Waals surface area contributed by atoms with Crippen molar-refractivity contribution in [3.05, 3.63) is 0 Å². The lowest BCUT2D eigenvalue weighted by molar-refractivity contribution is 0.176. The van der Waals surface area contributed by atoms with Gasteiger partial charge in [0.1, 0.15) is 0 Å². The molecule has 0 spiro atoms. The summed E-state index contributed by atoms with van der Waals surface area (Å²) in [6, 6.07) is 2.63. The minimum atomic E-state index is -0.318. The van der Waals surface area contributed by atoms with Crippen molar-refractivity contribution < 1.29 is 5.11 Å². The molecule has 74 valence electrons. The number of nitrogens with zero attached hydrogens (tertiary/aromatic N) is 1. The summed E-state index contributed by atoms with van der Waals surface area (Å²) in [4.78, 5) is 0. The third-order valence-electron chi connectivity index (χ3n) is 2.61. The standard InChI is InChI=1S/C10H18N2O/c1-8(13)7-12-10-5-3-2-4-9(10)6-11/h8-10,12-13H,2-5,7H2,1H3. The summed E-state index contributed by atoms with van der Waals surface area (Å²) in [5.41, 5.74) is 0. The number of nitriles is 1. The maximum absolute atomic E-state index is 9.10. The Kier molecular flexibility index (Phi) is 4.20. The van der Waals surface area contributed by atoms with E-state index in [9.17, 15) is 0 Å². The summed E-state index contributed by atoms with van der Waals surface area (Å²) >= 11 is 0. The molecule has 1 fully saturated rings. The molecule has 0 heterocycles. The fraction of sp³-hybridized carbons (Fsp3) is 0.900. The molecule has 1 saturated carbocycles. The molecule has 1 rings (SSSR count). The number of hydrogen-bond acceptors (Lipinski definition) is 3. The van der Waals surface area contributed by atoms with Gasteiger partial charge < -0.3 is 10.4 Å². The Labute approximate surface area is 79.8 Å². The molecule has 0 aromatic heterocycles. The maximum atomic E-state index is 9.10. The number of nitrogens with one attached hydrogen (secondary N) is 1. The molecule has 0 bridgehead atoms. The number of rotatable bonds is 3. The quantitative estimate of drug-likeness (QED) is 0.685. The smallest absolute Gasteiger partial charge is 0.0672 e. The maximum Gasteiger partial charge on any atom is 0.0672 e. The van der Waals surface area contributed by atoms with Crippen LogP contribution in [0.1, 0.15) is 32.6 Å². The van der Waals surface area contributed by atoms with Crippen molar-refractivity contribution in [1.82, 2.24) is 5.32 Å². The van der Waals surface area contributed by atoms with Crippen molar-refractivity contribution in [2.75, 3.05) is 6.54 Å². The molecule has 0 amide bonds. The molecule has 13 heavy (non-hydrogen) atoms. The van der Waals surface area contributed by atoms with Crippen LogP contribution in [0.3, 0.4) is 0 Å². The minimum Gasteiger partial charge on any atom is -0.392 e. The van der Waals surface area contributed by atoms with E-state index in [1.54, 1.807) is 6.92 Å². The highest BCUT2D eigenvalue weighted by Gasteiger charge is 2.24. The molecule has 0 aromatic carbocycles. The Bertz CT molecular complexity index is 186. The number of hydrogen-bond donors (Lipinski definition) is 2. The summed E-state index contributed by atoms with van der Waals surface area (Å²) in [5.74, 6) is 0.146. The van der Waals surface area contributed by atoms with Gasteiger partial charge in [0.2, 0.25) is 0 Å². The summed E-state index contributed by atoms with van der Waals surface area (Å²) in [6.45, 7) is 2.36. The molecule has 1 aliphatic carbocycles. The SMILES string of the molecule is CC(O)CNC1CCCCC1C#N. The van der Waals surface area contributed by atoms with Gasteiger partial charge in [-0.2, -0.15) is 5.26 Å². The topological polar surface area (TPSA) is 56.0 Å². The van der Waals surface area contributed by atoms with Gasteiger partial charge in [-0.3, -0.25) is 0 Å². The van der Waals surface area contributed by atoms with Gasteiger partial charge in [-0.1, -0.05) is 12.8 Å². The van der Waals surface area contributed by atoms with Crippen molar-refractivity contribution >= 4 is 0 Å². The lowest BCUT2D eigenvalue weighted by Crippen LogP contribution is -2.41. The fourth-order valence-corrected chi connectivity index (χ4v) is 1.85. The van der Waals surface area contributed by atoms with Crippen molar-refractivity contribution in [3.63, 3.8) is 0 Å². The van der Waals surface area contributed by atoms with Crippen molar-refractivity contribution in [2.45, 2.75) is 44.8 Å². The van der Waals surface area contributed by atoms with Crippen LogP contribution in [0.15, 0.2) is 0 Å². The Morgan fingerprint density at radius 3 is 2.85 bits per heavy atom. The normalized spacial score (nSPS) is 30.8. The zero-order valence-corrected chi connectivity index (χ0v) is 8.16. The van der Waals surface area contributed by atoms with E-state index in [-0.39, 0.29) is 12.0 Å². The van der Waals surface area contributed by atoms with Crippen LogP contribution in [-0.2, 0) is 0 Å². The van der Waals surface area contributed by atoms with Gasteiger partial charge in [-0.05, 0) is 19.8 Å². The molecule has 3 unspecified atom stereocenters. The number of aliphatic hydroxyl groups is 1. The number of aliphatic hydroxyl groups excluding tert-OH is 1. The van der Waals surface area contributed by atoms with Crippen LogP contribution >= 0.6 is 0 Å². The van der Waals surface area contributed by atoms with E-state index >= 15 is 0 Å². The van der Waals surface area contributed by atoms with E-state index in [4.69, 9.17) is 10.4 Å². The van der Waals surface area contributed by atoms with Crippen molar-refractivity contribution in [1.29, 1.82) is 5.26 Å². The largest absolute Gasteiger partial charge is 0.392 e. The van der Waals surface area contributed by atoms with Crippen molar-refractivity contribution in [3.8, 4) is 6.07 Å². The van der Waals surface area contributed by atoms with E-state index in [0.29, 0.717) is 12.6 Å². The molecular formula is C10H18N2O. The lowest BCUT2D eigenvalue weighted by atomic mass is 9.85. The Morgan fingerprint density at radius 1 is 1.54 bits per heavy atom. The predicted molar refractivity (Wildman–Crippen MR) is 51.0 cm³/mol. The van der Waals surface area contributed by atoms with Crippen LogP contribution in [0.5, 0.6) is 0 Å². The van der Waals surface area contributed by atoms with Gasteiger partial charge in [-0.15, -0.1) is 0 Å². The second-order valence-electron chi connectivity index (χ2n) is 3.88. The second kappa shape index (κ2) is 5.21. The van der Waals surface area contributed by atoms with Gasteiger partial charge in [0.05, 0.1) is 18.1 Å². The van der Waals surface area contributed by atoms with Crippen LogP contribution < -0.4 is 5.32 Å². The first-order chi connectivity index (χ1) is 6.24. The lowest BCUT2D eigenvalue weighted by Gasteiger charge is -2.28. The van der Waals surface area contributed by atoms with E-state index in [2.05, 4.69) is 11.4 Å². The Balaban J connectivity index is 2.33. The van der Waals surface area contributed by atoms with Gasteiger partial charge in [0.15, 0.2) is 0 Å². The van der Waals surface area contributed by atoms with Crippen LogP contribution in [0.2, 0.25) is 0 Å². The molecule has 0 radical (unpaired) electrons. The second-order valence-corrected chi connectivity index (χ2v) is 3.88. The molecular weight excluding hydrogens is 164 g/mol. The van der Waals surface area contributed by atoms with Gasteiger partial charge >= 0.3 is 0 Å². The van der Waals surface area contributed by atoms with Gasteiger partial charge in [0, 0.05) is 12.6 Å². The average Bonchev–Trinajstić information content (AvgIpc) is 2.15. The van der Waals surface area contributed by atoms with Gasteiger partial charge in [-0.25, -0.2) is 0 Å². The molecule has 0 aromatic rings. The molecule has 3 atom stereocenters. The van der Waals surface area contributed by atoms with E-state index in [0.717, 1.165) is 12.8 Å². The molecule has 0 aliphatic heterocycles. The summed E-state index contributed by atoms with van der Waals surface area (Å²) in [7, 11) is 0. The van der Waals surface area contributed by atoms with Crippen LogP contribution in [-0.4, -0.2) is 23.8 Å². The van der Waals surface area contributed by atoms with Crippen LogP contribution in [0.4, 0.5) is 0 Å². The summed E-state index contributed by atoms with van der Waals surface area (Å²) in [5, 5.41) is 21.2.